The van der Waals surface area contributed by atoms with Crippen molar-refractivity contribution in [2.24, 2.45) is 0 Å². The van der Waals surface area contributed by atoms with Crippen molar-refractivity contribution >= 4 is 17.4 Å². The zero-order valence-electron chi connectivity index (χ0n) is 11.9. The van der Waals surface area contributed by atoms with Crippen LogP contribution >= 0.6 is 0 Å². The van der Waals surface area contributed by atoms with E-state index in [0.29, 0.717) is 11.3 Å². The molecule has 7 heteroatoms. The number of aromatic nitrogens is 2. The number of carbonyl (C=O) groups is 1. The van der Waals surface area contributed by atoms with Crippen LogP contribution in [-0.2, 0) is 0 Å². The molecule has 1 heterocycles. The van der Waals surface area contributed by atoms with Crippen LogP contribution in [0, 0.1) is 10.1 Å². The van der Waals surface area contributed by atoms with Crippen molar-refractivity contribution in [2.75, 3.05) is 5.73 Å². The van der Waals surface area contributed by atoms with Crippen LogP contribution in [0.15, 0.2) is 54.6 Å². The molecule has 0 saturated carbocycles. The third kappa shape index (κ3) is 2.80. The Morgan fingerprint density at radius 3 is 2.35 bits per heavy atom. The van der Waals surface area contributed by atoms with E-state index < -0.39 is 4.92 Å². The van der Waals surface area contributed by atoms with Crippen molar-refractivity contribution < 1.29 is 9.72 Å². The fraction of sp³-hybridized carbons (Fsp3) is 0. The Morgan fingerprint density at radius 2 is 1.74 bits per heavy atom. The Labute approximate surface area is 130 Å². The Balaban J connectivity index is 2.02. The molecule has 3 N–H and O–H groups in total. The summed E-state index contributed by atoms with van der Waals surface area (Å²) < 4.78 is 0. The van der Waals surface area contributed by atoms with Crippen LogP contribution in [0.25, 0.3) is 11.3 Å². The average molecular weight is 308 g/mol. The van der Waals surface area contributed by atoms with Gasteiger partial charge in [0.25, 0.3) is 5.69 Å². The molecule has 3 rings (SSSR count). The van der Waals surface area contributed by atoms with Gasteiger partial charge in [-0.25, -0.2) is 4.98 Å². The summed E-state index contributed by atoms with van der Waals surface area (Å²) in [5, 5.41) is 10.7. The maximum absolute atomic E-state index is 12.6. The van der Waals surface area contributed by atoms with Gasteiger partial charge < -0.3 is 10.7 Å². The third-order valence-electron chi connectivity index (χ3n) is 3.34. The van der Waals surface area contributed by atoms with Gasteiger partial charge in [0.2, 0.25) is 5.78 Å². The number of aromatic amines is 1. The number of anilines is 1. The highest BCUT2D eigenvalue weighted by atomic mass is 16.6. The minimum absolute atomic E-state index is 0.0750. The molecule has 0 saturated heterocycles. The smallest absolute Gasteiger partial charge is 0.269 e. The number of hydrogen-bond acceptors (Lipinski definition) is 5. The van der Waals surface area contributed by atoms with Gasteiger partial charge in [-0.1, -0.05) is 30.3 Å². The monoisotopic (exact) mass is 308 g/mol. The number of carbonyl (C=O) groups excluding carboxylic acids is 1. The lowest BCUT2D eigenvalue weighted by Gasteiger charge is -2.02. The van der Waals surface area contributed by atoms with Gasteiger partial charge in [-0.3, -0.25) is 14.9 Å². The van der Waals surface area contributed by atoms with Gasteiger partial charge in [-0.2, -0.15) is 0 Å². The average Bonchev–Trinajstić information content (AvgIpc) is 2.97. The Kier molecular flexibility index (Phi) is 3.60. The van der Waals surface area contributed by atoms with E-state index in [1.54, 1.807) is 0 Å². The van der Waals surface area contributed by atoms with E-state index in [9.17, 15) is 14.9 Å². The first kappa shape index (κ1) is 14.5. The molecule has 0 atom stereocenters. The van der Waals surface area contributed by atoms with Crippen LogP contribution in [0.3, 0.4) is 0 Å². The molecular weight excluding hydrogens is 296 g/mol. The van der Waals surface area contributed by atoms with E-state index in [1.165, 1.54) is 24.3 Å². The van der Waals surface area contributed by atoms with Gasteiger partial charge in [0, 0.05) is 23.3 Å². The topological polar surface area (TPSA) is 115 Å². The van der Waals surface area contributed by atoms with E-state index >= 15 is 0 Å². The number of nitro groups is 1. The van der Waals surface area contributed by atoms with E-state index in [-0.39, 0.29) is 23.1 Å². The number of nitrogens with zero attached hydrogens (tertiary/aromatic N) is 2. The molecule has 0 amide bonds. The van der Waals surface area contributed by atoms with Crippen LogP contribution in [0.1, 0.15) is 16.1 Å². The number of non-ortho nitro benzene ring substituents is 1. The molecule has 0 spiro atoms. The fourth-order valence-corrected chi connectivity index (χ4v) is 2.24. The van der Waals surface area contributed by atoms with Gasteiger partial charge in [0.15, 0.2) is 5.95 Å². The zero-order valence-corrected chi connectivity index (χ0v) is 11.9. The number of hydrogen-bond donors (Lipinski definition) is 2. The van der Waals surface area contributed by atoms with Crippen LogP contribution in [0.5, 0.6) is 0 Å². The summed E-state index contributed by atoms with van der Waals surface area (Å²) in [6, 6.07) is 14.6. The van der Waals surface area contributed by atoms with Crippen LogP contribution in [-0.4, -0.2) is 20.7 Å². The van der Waals surface area contributed by atoms with Crippen LogP contribution in [0.2, 0.25) is 0 Å². The maximum Gasteiger partial charge on any atom is 0.269 e. The van der Waals surface area contributed by atoms with E-state index in [4.69, 9.17) is 5.73 Å². The molecule has 3 aromatic rings. The van der Waals surface area contributed by atoms with E-state index in [2.05, 4.69) is 9.97 Å². The first-order valence-electron chi connectivity index (χ1n) is 6.76. The van der Waals surface area contributed by atoms with Crippen LogP contribution < -0.4 is 5.73 Å². The fourth-order valence-electron chi connectivity index (χ4n) is 2.24. The van der Waals surface area contributed by atoms with Crippen molar-refractivity contribution in [3.63, 3.8) is 0 Å². The predicted octanol–water partition coefficient (Wildman–Crippen LogP) is 2.80. The number of imidazole rings is 1. The van der Waals surface area contributed by atoms with Gasteiger partial charge in [0.1, 0.15) is 11.4 Å². The third-order valence-corrected chi connectivity index (χ3v) is 3.34. The molecule has 0 aliphatic heterocycles. The van der Waals surface area contributed by atoms with Crippen LogP contribution in [0.4, 0.5) is 11.6 Å². The second-order valence-corrected chi connectivity index (χ2v) is 4.84. The Morgan fingerprint density at radius 1 is 1.09 bits per heavy atom. The number of nitrogen functional groups attached to an aromatic ring is 1. The molecule has 0 fully saturated rings. The standard InChI is InChI=1S/C16H12N4O3/c17-16-18-13(10-4-2-1-3-5-10)14(19-16)15(21)11-6-8-12(9-7-11)20(22)23/h1-9H,(H3,17,18,19). The maximum atomic E-state index is 12.6. The summed E-state index contributed by atoms with van der Waals surface area (Å²) in [7, 11) is 0. The lowest BCUT2D eigenvalue weighted by Crippen LogP contribution is -2.04. The van der Waals surface area contributed by atoms with Crippen molar-refractivity contribution in [3.05, 3.63) is 76.0 Å². The first-order chi connectivity index (χ1) is 11.1. The van der Waals surface area contributed by atoms with Gasteiger partial charge in [-0.15, -0.1) is 0 Å². The van der Waals surface area contributed by atoms with Gasteiger partial charge in [0.05, 0.1) is 4.92 Å². The van der Waals surface area contributed by atoms with Crippen molar-refractivity contribution in [1.29, 1.82) is 0 Å². The van der Waals surface area contributed by atoms with E-state index in [1.807, 2.05) is 30.3 Å². The molecule has 0 radical (unpaired) electrons. The normalized spacial score (nSPS) is 10.4. The SMILES string of the molecule is Nc1nc(-c2ccccc2)c(C(=O)c2ccc([N+](=O)[O-])cc2)[nH]1. The molecular formula is C16H12N4O3. The number of nitrogens with one attached hydrogen (secondary N) is 1. The lowest BCUT2D eigenvalue weighted by atomic mass is 10.0. The number of rotatable bonds is 4. The highest BCUT2D eigenvalue weighted by Gasteiger charge is 2.20. The second kappa shape index (κ2) is 5.72. The Bertz CT molecular complexity index is 870. The highest BCUT2D eigenvalue weighted by Crippen LogP contribution is 2.25. The molecule has 7 nitrogen and oxygen atoms in total. The molecule has 0 unspecified atom stereocenters. The summed E-state index contributed by atoms with van der Waals surface area (Å²) >= 11 is 0. The van der Waals surface area contributed by atoms with E-state index in [0.717, 1.165) is 5.56 Å². The van der Waals surface area contributed by atoms with Crippen molar-refractivity contribution in [3.8, 4) is 11.3 Å². The largest absolute Gasteiger partial charge is 0.369 e. The second-order valence-electron chi connectivity index (χ2n) is 4.84. The van der Waals surface area contributed by atoms with Crippen molar-refractivity contribution in [2.45, 2.75) is 0 Å². The molecule has 1 aromatic heterocycles. The minimum Gasteiger partial charge on any atom is -0.369 e. The molecule has 0 aliphatic carbocycles. The Hall–Kier alpha value is -3.48. The summed E-state index contributed by atoms with van der Waals surface area (Å²) in [5.74, 6) is -0.197. The molecule has 0 aliphatic rings. The van der Waals surface area contributed by atoms with Crippen molar-refractivity contribution in [1.82, 2.24) is 9.97 Å². The minimum atomic E-state index is -0.516. The number of benzene rings is 2. The summed E-state index contributed by atoms with van der Waals surface area (Å²) in [6.45, 7) is 0. The van der Waals surface area contributed by atoms with Gasteiger partial charge >= 0.3 is 0 Å². The first-order valence-corrected chi connectivity index (χ1v) is 6.76. The number of H-pyrrole nitrogens is 1. The molecule has 23 heavy (non-hydrogen) atoms. The predicted molar refractivity (Wildman–Crippen MR) is 85.0 cm³/mol. The summed E-state index contributed by atoms with van der Waals surface area (Å²) in [5.41, 5.74) is 7.39. The zero-order chi connectivity index (χ0) is 16.4. The number of ketones is 1. The number of nitro benzene ring substituents is 1. The summed E-state index contributed by atoms with van der Waals surface area (Å²) in [6.07, 6.45) is 0. The summed E-state index contributed by atoms with van der Waals surface area (Å²) in [4.78, 5) is 29.7. The molecule has 2 aromatic carbocycles. The molecule has 114 valence electrons. The quantitative estimate of drug-likeness (QED) is 0.437. The number of nitrogens with two attached hydrogens (primary N) is 1. The highest BCUT2D eigenvalue weighted by molar-refractivity contribution is 6.11. The lowest BCUT2D eigenvalue weighted by molar-refractivity contribution is -0.384. The van der Waals surface area contributed by atoms with Gasteiger partial charge in [-0.05, 0) is 12.1 Å². The molecule has 0 bridgehead atoms.